The summed E-state index contributed by atoms with van der Waals surface area (Å²) in [5.74, 6) is 2.08. The summed E-state index contributed by atoms with van der Waals surface area (Å²) in [7, 11) is 1.73. The van der Waals surface area contributed by atoms with Crippen molar-refractivity contribution in [3.63, 3.8) is 0 Å². The van der Waals surface area contributed by atoms with Gasteiger partial charge in [-0.15, -0.1) is 0 Å². The Balaban J connectivity index is 2.46. The molecule has 0 aliphatic carbocycles. The number of rotatable bonds is 8. The van der Waals surface area contributed by atoms with E-state index in [-0.39, 0.29) is 0 Å². The molecule has 1 heterocycles. The average molecular weight is 243 g/mol. The van der Waals surface area contributed by atoms with E-state index in [2.05, 4.69) is 27.3 Å². The first-order valence-corrected chi connectivity index (χ1v) is 6.93. The van der Waals surface area contributed by atoms with Crippen LogP contribution < -0.4 is 5.32 Å². The Hall–Kier alpha value is -0.680. The monoisotopic (exact) mass is 243 g/mol. The van der Waals surface area contributed by atoms with E-state index in [1.165, 1.54) is 0 Å². The van der Waals surface area contributed by atoms with Crippen molar-refractivity contribution in [1.29, 1.82) is 0 Å². The fourth-order valence-corrected chi connectivity index (χ4v) is 1.81. The highest BCUT2D eigenvalue weighted by molar-refractivity contribution is 7.98. The smallest absolute Gasteiger partial charge is 0.203 e. The van der Waals surface area contributed by atoms with E-state index in [1.54, 1.807) is 7.11 Å². The summed E-state index contributed by atoms with van der Waals surface area (Å²) in [6, 6.07) is 0. The number of nitrogens with one attached hydrogen (secondary N) is 1. The van der Waals surface area contributed by atoms with E-state index >= 15 is 0 Å². The maximum absolute atomic E-state index is 5.05. The molecular weight excluding hydrogens is 222 g/mol. The first-order valence-electron chi connectivity index (χ1n) is 5.53. The summed E-state index contributed by atoms with van der Waals surface area (Å²) < 4.78 is 7.21. The number of aromatic nitrogens is 2. The topological polar surface area (TPSA) is 39.1 Å². The summed E-state index contributed by atoms with van der Waals surface area (Å²) in [4.78, 5) is 4.46. The van der Waals surface area contributed by atoms with Crippen LogP contribution in [-0.4, -0.2) is 41.8 Å². The third kappa shape index (κ3) is 4.45. The minimum Gasteiger partial charge on any atom is -0.385 e. The molecule has 0 amide bonds. The molecule has 1 N–H and O–H groups in total. The van der Waals surface area contributed by atoms with Crippen LogP contribution in [0, 0.1) is 6.92 Å². The first kappa shape index (κ1) is 13.4. The van der Waals surface area contributed by atoms with Crippen molar-refractivity contribution >= 4 is 17.7 Å². The van der Waals surface area contributed by atoms with Crippen LogP contribution in [0.3, 0.4) is 0 Å². The van der Waals surface area contributed by atoms with Gasteiger partial charge in [0.05, 0.1) is 5.69 Å². The summed E-state index contributed by atoms with van der Waals surface area (Å²) >= 11 is 1.84. The largest absolute Gasteiger partial charge is 0.385 e. The van der Waals surface area contributed by atoms with Crippen LogP contribution in [0.1, 0.15) is 12.1 Å². The van der Waals surface area contributed by atoms with Crippen molar-refractivity contribution in [2.75, 3.05) is 37.6 Å². The van der Waals surface area contributed by atoms with Crippen LogP contribution in [0.2, 0.25) is 0 Å². The molecule has 16 heavy (non-hydrogen) atoms. The lowest BCUT2D eigenvalue weighted by Crippen LogP contribution is -2.11. The number of hydrogen-bond donors (Lipinski definition) is 1. The minimum atomic E-state index is 0.793. The van der Waals surface area contributed by atoms with Crippen LogP contribution in [0.5, 0.6) is 0 Å². The number of thioether (sulfide) groups is 1. The summed E-state index contributed by atoms with van der Waals surface area (Å²) in [5, 5.41) is 3.35. The number of aryl methyl sites for hydroxylation is 2. The highest BCUT2D eigenvalue weighted by Crippen LogP contribution is 2.09. The molecule has 0 aliphatic rings. The van der Waals surface area contributed by atoms with Gasteiger partial charge in [0, 0.05) is 38.8 Å². The van der Waals surface area contributed by atoms with Gasteiger partial charge in [0.15, 0.2) is 0 Å². The van der Waals surface area contributed by atoms with Gasteiger partial charge in [-0.05, 0) is 19.6 Å². The molecule has 0 saturated heterocycles. The van der Waals surface area contributed by atoms with Crippen LogP contribution in [0.15, 0.2) is 6.20 Å². The Morgan fingerprint density at radius 3 is 3.06 bits per heavy atom. The fraction of sp³-hybridized carbons (Fsp3) is 0.727. The summed E-state index contributed by atoms with van der Waals surface area (Å²) in [6.07, 6.45) is 5.21. The van der Waals surface area contributed by atoms with Crippen molar-refractivity contribution in [3.05, 3.63) is 11.9 Å². The van der Waals surface area contributed by atoms with Gasteiger partial charge >= 0.3 is 0 Å². The third-order valence-electron chi connectivity index (χ3n) is 2.23. The molecule has 0 aliphatic heterocycles. The second-order valence-electron chi connectivity index (χ2n) is 3.67. The molecule has 0 spiro atoms. The number of hydrogen-bond acceptors (Lipinski definition) is 4. The van der Waals surface area contributed by atoms with Crippen molar-refractivity contribution in [2.24, 2.45) is 0 Å². The van der Waals surface area contributed by atoms with Gasteiger partial charge in [0.2, 0.25) is 5.95 Å². The van der Waals surface area contributed by atoms with Crippen molar-refractivity contribution in [3.8, 4) is 0 Å². The second kappa shape index (κ2) is 7.57. The zero-order valence-corrected chi connectivity index (χ0v) is 11.1. The highest BCUT2D eigenvalue weighted by atomic mass is 32.2. The Morgan fingerprint density at radius 2 is 2.38 bits per heavy atom. The Labute approximate surface area is 102 Å². The lowest BCUT2D eigenvalue weighted by molar-refractivity contribution is 0.190. The summed E-state index contributed by atoms with van der Waals surface area (Å²) in [6.45, 7) is 4.73. The number of imidazole rings is 1. The molecule has 4 nitrogen and oxygen atoms in total. The van der Waals surface area contributed by atoms with Gasteiger partial charge in [-0.3, -0.25) is 0 Å². The van der Waals surface area contributed by atoms with E-state index in [1.807, 2.05) is 18.7 Å². The molecule has 0 atom stereocenters. The van der Waals surface area contributed by atoms with Crippen LogP contribution in [-0.2, 0) is 11.3 Å². The minimum absolute atomic E-state index is 0.793. The SMILES string of the molecule is COCCCn1cc(C)nc1NCCSC. The van der Waals surface area contributed by atoms with Gasteiger partial charge in [-0.25, -0.2) is 4.98 Å². The third-order valence-corrected chi connectivity index (χ3v) is 2.85. The molecule has 0 saturated carbocycles. The van der Waals surface area contributed by atoms with Gasteiger partial charge in [0.25, 0.3) is 0 Å². The Morgan fingerprint density at radius 1 is 1.56 bits per heavy atom. The zero-order chi connectivity index (χ0) is 11.8. The number of anilines is 1. The number of ether oxygens (including phenoxy) is 1. The van der Waals surface area contributed by atoms with Crippen molar-refractivity contribution in [2.45, 2.75) is 19.9 Å². The second-order valence-corrected chi connectivity index (χ2v) is 4.65. The maximum Gasteiger partial charge on any atom is 0.203 e. The predicted octanol–water partition coefficient (Wildman–Crippen LogP) is 2.00. The number of methoxy groups -OCH3 is 1. The molecule has 92 valence electrons. The van der Waals surface area contributed by atoms with Gasteiger partial charge in [-0.1, -0.05) is 0 Å². The lowest BCUT2D eigenvalue weighted by Gasteiger charge is -2.08. The van der Waals surface area contributed by atoms with Gasteiger partial charge in [-0.2, -0.15) is 11.8 Å². The van der Waals surface area contributed by atoms with Crippen molar-refractivity contribution in [1.82, 2.24) is 9.55 Å². The molecule has 1 aromatic rings. The maximum atomic E-state index is 5.05. The molecule has 0 fully saturated rings. The predicted molar refractivity (Wildman–Crippen MR) is 70.3 cm³/mol. The van der Waals surface area contributed by atoms with E-state index in [0.29, 0.717) is 0 Å². The molecule has 0 aromatic carbocycles. The van der Waals surface area contributed by atoms with Crippen LogP contribution in [0.25, 0.3) is 0 Å². The van der Waals surface area contributed by atoms with E-state index in [9.17, 15) is 0 Å². The first-order chi connectivity index (χ1) is 7.77. The molecule has 1 rings (SSSR count). The normalized spacial score (nSPS) is 10.7. The van der Waals surface area contributed by atoms with Crippen LogP contribution in [0.4, 0.5) is 5.95 Å². The standard InChI is InChI=1S/C11H21N3OS/c1-10-9-14(6-4-7-15-2)11(13-10)12-5-8-16-3/h9H,4-8H2,1-3H3,(H,12,13). The highest BCUT2D eigenvalue weighted by Gasteiger charge is 2.04. The Bertz CT molecular complexity index is 274. The van der Waals surface area contributed by atoms with Crippen LogP contribution >= 0.6 is 11.8 Å². The average Bonchev–Trinajstić information content (AvgIpc) is 2.60. The fourth-order valence-electron chi connectivity index (χ4n) is 1.50. The van der Waals surface area contributed by atoms with E-state index in [0.717, 1.165) is 43.5 Å². The molecule has 5 heteroatoms. The van der Waals surface area contributed by atoms with Gasteiger partial charge in [0.1, 0.15) is 0 Å². The number of nitrogens with zero attached hydrogens (tertiary/aromatic N) is 2. The Kier molecular flexibility index (Phi) is 6.33. The zero-order valence-electron chi connectivity index (χ0n) is 10.3. The molecule has 0 radical (unpaired) electrons. The van der Waals surface area contributed by atoms with Crippen molar-refractivity contribution < 1.29 is 4.74 Å². The summed E-state index contributed by atoms with van der Waals surface area (Å²) in [5.41, 5.74) is 1.06. The van der Waals surface area contributed by atoms with Gasteiger partial charge < -0.3 is 14.6 Å². The quantitative estimate of drug-likeness (QED) is 0.709. The molecule has 1 aromatic heterocycles. The molecular formula is C11H21N3OS. The van der Waals surface area contributed by atoms with E-state index < -0.39 is 0 Å². The molecule has 0 bridgehead atoms. The lowest BCUT2D eigenvalue weighted by atomic mass is 10.4. The molecule has 0 unspecified atom stereocenters. The van der Waals surface area contributed by atoms with E-state index in [4.69, 9.17) is 4.74 Å².